The van der Waals surface area contributed by atoms with E-state index in [0.717, 1.165) is 17.9 Å². The summed E-state index contributed by atoms with van der Waals surface area (Å²) in [7, 11) is 1.84. The molecule has 0 heterocycles. The van der Waals surface area contributed by atoms with Crippen LogP contribution in [0.5, 0.6) is 0 Å². The van der Waals surface area contributed by atoms with E-state index in [2.05, 4.69) is 12.2 Å². The molecule has 2 heteroatoms. The number of ether oxygens (including phenoxy) is 1. The normalized spacial score (nSPS) is 42.4. The van der Waals surface area contributed by atoms with Gasteiger partial charge in [0.05, 0.1) is 6.10 Å². The molecule has 2 aliphatic rings. The van der Waals surface area contributed by atoms with Crippen LogP contribution in [0, 0.1) is 11.8 Å². The zero-order chi connectivity index (χ0) is 9.97. The molecular weight excluding hydrogens is 174 g/mol. The van der Waals surface area contributed by atoms with Crippen molar-refractivity contribution >= 4 is 0 Å². The molecule has 0 bridgehead atoms. The molecule has 14 heavy (non-hydrogen) atoms. The molecule has 0 aliphatic heterocycles. The van der Waals surface area contributed by atoms with E-state index in [1.807, 2.05) is 7.11 Å². The Bertz CT molecular complexity index is 175. The fourth-order valence-corrected chi connectivity index (χ4v) is 2.50. The molecule has 0 saturated heterocycles. The van der Waals surface area contributed by atoms with E-state index in [1.54, 1.807) is 0 Å². The van der Waals surface area contributed by atoms with Gasteiger partial charge in [-0.05, 0) is 50.5 Å². The second-order valence-corrected chi connectivity index (χ2v) is 5.09. The van der Waals surface area contributed by atoms with Crippen LogP contribution in [0.15, 0.2) is 0 Å². The Labute approximate surface area is 87.4 Å². The van der Waals surface area contributed by atoms with Crippen LogP contribution in [-0.2, 0) is 4.74 Å². The topological polar surface area (TPSA) is 21.3 Å². The lowest BCUT2D eigenvalue weighted by molar-refractivity contribution is 0.0624. The molecule has 82 valence electrons. The monoisotopic (exact) mass is 197 g/mol. The Morgan fingerprint density at radius 3 is 2.36 bits per heavy atom. The number of methoxy groups -OCH3 is 1. The summed E-state index contributed by atoms with van der Waals surface area (Å²) < 4.78 is 5.37. The standard InChI is InChI=1S/C12H23NO/c1-9-7-10(9)8-13-11-3-5-12(14-2)6-4-11/h9-13H,3-8H2,1-2H3. The minimum atomic E-state index is 0.535. The Morgan fingerprint density at radius 2 is 1.86 bits per heavy atom. The van der Waals surface area contributed by atoms with Crippen LogP contribution in [-0.4, -0.2) is 25.8 Å². The van der Waals surface area contributed by atoms with E-state index >= 15 is 0 Å². The molecule has 0 aromatic carbocycles. The highest BCUT2D eigenvalue weighted by molar-refractivity contribution is 4.86. The number of nitrogens with one attached hydrogen (secondary N) is 1. The molecule has 0 aromatic rings. The fourth-order valence-electron chi connectivity index (χ4n) is 2.50. The maximum Gasteiger partial charge on any atom is 0.0572 e. The second kappa shape index (κ2) is 4.63. The van der Waals surface area contributed by atoms with E-state index in [1.165, 1.54) is 38.6 Å². The van der Waals surface area contributed by atoms with Gasteiger partial charge in [-0.25, -0.2) is 0 Å². The minimum Gasteiger partial charge on any atom is -0.381 e. The Hall–Kier alpha value is -0.0800. The van der Waals surface area contributed by atoms with Crippen molar-refractivity contribution in [3.8, 4) is 0 Å². The first-order chi connectivity index (χ1) is 6.79. The summed E-state index contributed by atoms with van der Waals surface area (Å²) in [6, 6.07) is 0.772. The van der Waals surface area contributed by atoms with Crippen LogP contribution in [0.4, 0.5) is 0 Å². The SMILES string of the molecule is COC1CCC(NCC2CC2C)CC1. The van der Waals surface area contributed by atoms with E-state index in [0.29, 0.717) is 6.10 Å². The molecule has 2 atom stereocenters. The van der Waals surface area contributed by atoms with Gasteiger partial charge in [0.25, 0.3) is 0 Å². The average Bonchev–Trinajstić information content (AvgIpc) is 2.92. The van der Waals surface area contributed by atoms with Gasteiger partial charge < -0.3 is 10.1 Å². The molecule has 2 rings (SSSR count). The predicted octanol–water partition coefficient (Wildman–Crippen LogP) is 2.19. The zero-order valence-corrected chi connectivity index (χ0v) is 9.46. The molecule has 2 nitrogen and oxygen atoms in total. The summed E-state index contributed by atoms with van der Waals surface area (Å²) in [4.78, 5) is 0. The van der Waals surface area contributed by atoms with Crippen molar-refractivity contribution in [3.63, 3.8) is 0 Å². The molecule has 1 N–H and O–H groups in total. The molecule has 0 amide bonds. The van der Waals surface area contributed by atoms with Crippen LogP contribution in [0.2, 0.25) is 0 Å². The van der Waals surface area contributed by atoms with Crippen molar-refractivity contribution in [2.75, 3.05) is 13.7 Å². The lowest BCUT2D eigenvalue weighted by atomic mass is 9.93. The first-order valence-corrected chi connectivity index (χ1v) is 6.05. The van der Waals surface area contributed by atoms with E-state index in [4.69, 9.17) is 4.74 Å². The maximum absolute atomic E-state index is 5.37. The van der Waals surface area contributed by atoms with Gasteiger partial charge in [0.15, 0.2) is 0 Å². The minimum absolute atomic E-state index is 0.535. The highest BCUT2D eigenvalue weighted by atomic mass is 16.5. The van der Waals surface area contributed by atoms with Crippen molar-refractivity contribution in [3.05, 3.63) is 0 Å². The first kappa shape index (κ1) is 10.4. The summed E-state index contributed by atoms with van der Waals surface area (Å²) in [5.41, 5.74) is 0. The third kappa shape index (κ3) is 2.71. The lowest BCUT2D eigenvalue weighted by Crippen LogP contribution is -2.36. The highest BCUT2D eigenvalue weighted by Gasteiger charge is 2.32. The van der Waals surface area contributed by atoms with Crippen molar-refractivity contribution in [1.82, 2.24) is 5.32 Å². The van der Waals surface area contributed by atoms with Crippen molar-refractivity contribution in [1.29, 1.82) is 0 Å². The summed E-state index contributed by atoms with van der Waals surface area (Å²) in [6.45, 7) is 3.61. The largest absolute Gasteiger partial charge is 0.381 e. The molecule has 2 fully saturated rings. The Balaban J connectivity index is 1.59. The molecule has 0 spiro atoms. The molecular formula is C12H23NO. The first-order valence-electron chi connectivity index (χ1n) is 6.05. The van der Waals surface area contributed by atoms with Gasteiger partial charge >= 0.3 is 0 Å². The predicted molar refractivity (Wildman–Crippen MR) is 58.3 cm³/mol. The fraction of sp³-hybridized carbons (Fsp3) is 1.00. The van der Waals surface area contributed by atoms with Crippen molar-refractivity contribution < 1.29 is 4.74 Å². The van der Waals surface area contributed by atoms with E-state index in [9.17, 15) is 0 Å². The number of rotatable bonds is 4. The van der Waals surface area contributed by atoms with Crippen LogP contribution in [0.25, 0.3) is 0 Å². The van der Waals surface area contributed by atoms with Gasteiger partial charge in [0.2, 0.25) is 0 Å². The molecule has 0 aromatic heterocycles. The summed E-state index contributed by atoms with van der Waals surface area (Å²) in [5, 5.41) is 3.70. The van der Waals surface area contributed by atoms with Gasteiger partial charge in [-0.2, -0.15) is 0 Å². The van der Waals surface area contributed by atoms with E-state index < -0.39 is 0 Å². The maximum atomic E-state index is 5.37. The lowest BCUT2D eigenvalue weighted by Gasteiger charge is -2.28. The van der Waals surface area contributed by atoms with Crippen molar-refractivity contribution in [2.45, 2.75) is 51.2 Å². The Morgan fingerprint density at radius 1 is 1.21 bits per heavy atom. The Kier molecular flexibility index (Phi) is 3.45. The van der Waals surface area contributed by atoms with Crippen LogP contribution < -0.4 is 5.32 Å². The van der Waals surface area contributed by atoms with Gasteiger partial charge in [-0.1, -0.05) is 6.92 Å². The van der Waals surface area contributed by atoms with E-state index in [-0.39, 0.29) is 0 Å². The summed E-state index contributed by atoms with van der Waals surface area (Å²) in [5.74, 6) is 1.97. The van der Waals surface area contributed by atoms with Gasteiger partial charge in [0.1, 0.15) is 0 Å². The average molecular weight is 197 g/mol. The second-order valence-electron chi connectivity index (χ2n) is 5.09. The molecule has 2 aliphatic carbocycles. The number of hydrogen-bond donors (Lipinski definition) is 1. The van der Waals surface area contributed by atoms with Crippen LogP contribution in [0.3, 0.4) is 0 Å². The molecule has 2 saturated carbocycles. The third-order valence-corrected chi connectivity index (χ3v) is 3.95. The van der Waals surface area contributed by atoms with Gasteiger partial charge in [0, 0.05) is 13.2 Å². The third-order valence-electron chi connectivity index (χ3n) is 3.95. The quantitative estimate of drug-likeness (QED) is 0.746. The number of hydrogen-bond acceptors (Lipinski definition) is 2. The van der Waals surface area contributed by atoms with Gasteiger partial charge in [-0.3, -0.25) is 0 Å². The highest BCUT2D eigenvalue weighted by Crippen LogP contribution is 2.37. The van der Waals surface area contributed by atoms with Crippen molar-refractivity contribution in [2.24, 2.45) is 11.8 Å². The molecule has 2 unspecified atom stereocenters. The summed E-state index contributed by atoms with van der Waals surface area (Å²) in [6.07, 6.45) is 7.08. The smallest absolute Gasteiger partial charge is 0.0572 e. The summed E-state index contributed by atoms with van der Waals surface area (Å²) >= 11 is 0. The van der Waals surface area contributed by atoms with Crippen LogP contribution >= 0.6 is 0 Å². The van der Waals surface area contributed by atoms with Crippen LogP contribution in [0.1, 0.15) is 39.0 Å². The zero-order valence-electron chi connectivity index (χ0n) is 9.46. The van der Waals surface area contributed by atoms with Gasteiger partial charge in [-0.15, -0.1) is 0 Å². The molecule has 0 radical (unpaired) electrons.